The Bertz CT molecular complexity index is 1410. The second-order valence-corrected chi connectivity index (χ2v) is 7.74. The van der Waals surface area contributed by atoms with Gasteiger partial charge in [0.05, 0.1) is 13.0 Å². The molecule has 186 valence electrons. The van der Waals surface area contributed by atoms with Crippen LogP contribution in [0.25, 0.3) is 5.82 Å². The van der Waals surface area contributed by atoms with Crippen molar-refractivity contribution < 1.29 is 18.3 Å². The van der Waals surface area contributed by atoms with Crippen LogP contribution in [0, 0.1) is 11.2 Å². The van der Waals surface area contributed by atoms with Crippen molar-refractivity contribution in [2.45, 2.75) is 12.3 Å². The van der Waals surface area contributed by atoms with Gasteiger partial charge in [-0.25, -0.2) is 13.6 Å². The molecule has 2 aromatic heterocycles. The van der Waals surface area contributed by atoms with Gasteiger partial charge < -0.3 is 15.2 Å². The molecule has 1 unspecified atom stereocenters. The number of halogens is 2. The number of aromatic nitrogens is 5. The Hall–Kier alpha value is -4.61. The van der Waals surface area contributed by atoms with Gasteiger partial charge in [0, 0.05) is 23.4 Å². The Labute approximate surface area is 204 Å². The summed E-state index contributed by atoms with van der Waals surface area (Å²) in [6.45, 7) is -1.13. The Morgan fingerprint density at radius 1 is 1.25 bits per heavy atom. The van der Waals surface area contributed by atoms with Gasteiger partial charge in [0.25, 0.3) is 0 Å². The minimum Gasteiger partial charge on any atom is -0.497 e. The smallest absolute Gasteiger partial charge is 0.349 e. The molecular formula is C24H23F2N7O3. The second kappa shape index (κ2) is 10.8. The Balaban J connectivity index is 1.84. The first-order valence-electron chi connectivity index (χ1n) is 10.9. The quantitative estimate of drug-likeness (QED) is 0.226. The lowest BCUT2D eigenvalue weighted by Gasteiger charge is -2.19. The molecule has 0 radical (unpaired) electrons. The number of rotatable bonds is 10. The Kier molecular flexibility index (Phi) is 7.33. The molecule has 0 fully saturated rings. The summed E-state index contributed by atoms with van der Waals surface area (Å²) in [4.78, 5) is 15.4. The van der Waals surface area contributed by atoms with Gasteiger partial charge in [0.2, 0.25) is 0 Å². The maximum atomic E-state index is 15.7. The van der Waals surface area contributed by atoms with Crippen LogP contribution in [0.4, 0.5) is 8.78 Å². The molecular weight excluding hydrogens is 472 g/mol. The summed E-state index contributed by atoms with van der Waals surface area (Å²) in [7, 11) is 1.41. The largest absolute Gasteiger partial charge is 0.497 e. The van der Waals surface area contributed by atoms with Gasteiger partial charge in [-0.15, -0.1) is 10.2 Å². The van der Waals surface area contributed by atoms with Gasteiger partial charge in [-0.05, 0) is 30.2 Å². The fourth-order valence-electron chi connectivity index (χ4n) is 3.69. The fraction of sp³-hybridized carbons (Fsp3) is 0.208. The molecule has 12 heteroatoms. The third-order valence-corrected chi connectivity index (χ3v) is 5.43. The average molecular weight is 495 g/mol. The van der Waals surface area contributed by atoms with Crippen LogP contribution in [0.1, 0.15) is 28.4 Å². The summed E-state index contributed by atoms with van der Waals surface area (Å²) in [5.74, 6) is -1.18. The van der Waals surface area contributed by atoms with E-state index >= 15 is 4.39 Å². The van der Waals surface area contributed by atoms with Crippen molar-refractivity contribution in [1.29, 1.82) is 5.41 Å². The van der Waals surface area contributed by atoms with E-state index in [1.807, 2.05) is 0 Å². The number of aromatic amines is 1. The molecule has 2 heterocycles. The fourth-order valence-corrected chi connectivity index (χ4v) is 3.69. The van der Waals surface area contributed by atoms with E-state index in [4.69, 9.17) is 20.6 Å². The monoisotopic (exact) mass is 495 g/mol. The molecule has 0 saturated heterocycles. The number of nitrogens with zero attached hydrogens (tertiary/aromatic N) is 4. The number of hydrogen-bond acceptors (Lipinski definition) is 7. The molecule has 0 aliphatic carbocycles. The minimum absolute atomic E-state index is 0.0846. The third kappa shape index (κ3) is 5.22. The number of hydrogen-bond donors (Lipinski definition) is 3. The Morgan fingerprint density at radius 2 is 2.03 bits per heavy atom. The van der Waals surface area contributed by atoms with Crippen molar-refractivity contribution in [3.05, 3.63) is 93.5 Å². The van der Waals surface area contributed by atoms with E-state index < -0.39 is 24.1 Å². The summed E-state index contributed by atoms with van der Waals surface area (Å²) < 4.78 is 40.0. The molecule has 10 nitrogen and oxygen atoms in total. The molecule has 0 amide bonds. The zero-order valence-corrected chi connectivity index (χ0v) is 19.2. The highest BCUT2D eigenvalue weighted by atomic mass is 19.1. The van der Waals surface area contributed by atoms with E-state index in [1.165, 1.54) is 25.4 Å². The second-order valence-electron chi connectivity index (χ2n) is 7.74. The number of nitrogens with two attached hydrogens (primary N) is 1. The van der Waals surface area contributed by atoms with E-state index in [0.717, 1.165) is 10.2 Å². The molecule has 0 saturated carbocycles. The first-order chi connectivity index (χ1) is 17.4. The normalized spacial score (nSPS) is 11.8. The minimum atomic E-state index is -0.804. The van der Waals surface area contributed by atoms with Gasteiger partial charge in [0.15, 0.2) is 17.4 Å². The van der Waals surface area contributed by atoms with E-state index in [-0.39, 0.29) is 47.6 Å². The average Bonchev–Trinajstić information content (AvgIpc) is 3.28. The highest BCUT2D eigenvalue weighted by Gasteiger charge is 2.27. The number of H-pyrrole nitrogens is 1. The number of amidine groups is 1. The zero-order valence-electron chi connectivity index (χ0n) is 19.2. The van der Waals surface area contributed by atoms with E-state index in [2.05, 4.69) is 20.3 Å². The first kappa shape index (κ1) is 24.5. The third-order valence-electron chi connectivity index (χ3n) is 5.43. The lowest BCUT2D eigenvalue weighted by molar-refractivity contribution is 0.260. The lowest BCUT2D eigenvalue weighted by Crippen LogP contribution is -2.17. The topological polar surface area (TPSA) is 145 Å². The van der Waals surface area contributed by atoms with Crippen molar-refractivity contribution in [1.82, 2.24) is 25.0 Å². The van der Waals surface area contributed by atoms with Crippen molar-refractivity contribution in [3.63, 3.8) is 0 Å². The molecule has 4 rings (SSSR count). The van der Waals surface area contributed by atoms with Crippen LogP contribution in [-0.2, 0) is 6.42 Å². The van der Waals surface area contributed by atoms with Gasteiger partial charge in [0.1, 0.15) is 30.7 Å². The van der Waals surface area contributed by atoms with E-state index in [0.29, 0.717) is 5.56 Å². The summed E-state index contributed by atoms with van der Waals surface area (Å²) in [6.07, 6.45) is 1.67. The molecule has 4 aromatic rings. The highest BCUT2D eigenvalue weighted by molar-refractivity contribution is 5.94. The van der Waals surface area contributed by atoms with Crippen LogP contribution in [0.15, 0.2) is 59.5 Å². The molecule has 0 aliphatic rings. The van der Waals surface area contributed by atoms with Crippen molar-refractivity contribution in [2.75, 3.05) is 20.4 Å². The van der Waals surface area contributed by atoms with Crippen LogP contribution in [0.5, 0.6) is 11.5 Å². The number of benzene rings is 2. The predicted molar refractivity (Wildman–Crippen MR) is 127 cm³/mol. The molecule has 36 heavy (non-hydrogen) atoms. The van der Waals surface area contributed by atoms with Gasteiger partial charge in [-0.2, -0.15) is 9.78 Å². The molecule has 0 spiro atoms. The van der Waals surface area contributed by atoms with Crippen molar-refractivity contribution in [2.24, 2.45) is 5.73 Å². The number of nitrogens with one attached hydrogen (secondary N) is 2. The lowest BCUT2D eigenvalue weighted by atomic mass is 9.90. The van der Waals surface area contributed by atoms with Crippen molar-refractivity contribution >= 4 is 5.84 Å². The van der Waals surface area contributed by atoms with Gasteiger partial charge in [-0.1, -0.05) is 24.3 Å². The van der Waals surface area contributed by atoms with Crippen LogP contribution in [-0.4, -0.2) is 51.2 Å². The standard InChI is InChI=1S/C24H23F2N7O3/c1-35-16-12-17(21(26)19(13-16)36-10-8-25)18(11-14-4-6-15(7-5-14)22(27)28)23-30-24(34)33(32-23)20-3-2-9-29-31-20/h2-7,9,12-13,18H,8,10-11H2,1H3,(H3,27,28)(H,30,32,34). The number of nitrogen functional groups attached to an aromatic ring is 1. The zero-order chi connectivity index (χ0) is 25.7. The maximum Gasteiger partial charge on any atom is 0.349 e. The molecule has 4 N–H and O–H groups in total. The van der Waals surface area contributed by atoms with Gasteiger partial charge >= 0.3 is 5.69 Å². The number of alkyl halides is 1. The number of ether oxygens (including phenoxy) is 2. The van der Waals surface area contributed by atoms with E-state index in [1.54, 1.807) is 36.4 Å². The van der Waals surface area contributed by atoms with Crippen LogP contribution >= 0.6 is 0 Å². The molecule has 0 aliphatic heterocycles. The predicted octanol–water partition coefficient (Wildman–Crippen LogP) is 2.51. The van der Waals surface area contributed by atoms with Crippen LogP contribution in [0.3, 0.4) is 0 Å². The Morgan fingerprint density at radius 3 is 2.67 bits per heavy atom. The molecule has 0 bridgehead atoms. The molecule has 1 atom stereocenters. The van der Waals surface area contributed by atoms with Gasteiger partial charge in [-0.3, -0.25) is 10.4 Å². The van der Waals surface area contributed by atoms with Crippen LogP contribution in [0.2, 0.25) is 0 Å². The number of methoxy groups -OCH3 is 1. The van der Waals surface area contributed by atoms with E-state index in [9.17, 15) is 9.18 Å². The summed E-state index contributed by atoms with van der Waals surface area (Å²) in [5.41, 5.74) is 6.38. The van der Waals surface area contributed by atoms with Crippen molar-refractivity contribution in [3.8, 4) is 17.3 Å². The maximum absolute atomic E-state index is 15.7. The summed E-state index contributed by atoms with van der Waals surface area (Å²) in [5, 5.41) is 19.6. The SMILES string of the molecule is COc1cc(OCCF)c(F)c(C(Cc2ccc(C(=N)N)cc2)c2nn(-c3cccnn3)c(=O)[nH]2)c1. The summed E-state index contributed by atoms with van der Waals surface area (Å²) >= 11 is 0. The first-order valence-corrected chi connectivity index (χ1v) is 10.9. The molecule has 2 aromatic carbocycles. The highest BCUT2D eigenvalue weighted by Crippen LogP contribution is 2.36. The summed E-state index contributed by atoms with van der Waals surface area (Å²) in [6, 6.07) is 12.8. The van der Waals surface area contributed by atoms with Crippen LogP contribution < -0.4 is 20.9 Å².